The highest BCUT2D eigenvalue weighted by atomic mass is 16.2. The number of rotatable bonds is 2. The van der Waals surface area contributed by atoms with Gasteiger partial charge in [0.05, 0.1) is 0 Å². The van der Waals surface area contributed by atoms with Crippen LogP contribution in [0.15, 0.2) is 0 Å². The second kappa shape index (κ2) is 4.22. The van der Waals surface area contributed by atoms with Crippen molar-refractivity contribution in [1.82, 2.24) is 9.80 Å². The van der Waals surface area contributed by atoms with Crippen molar-refractivity contribution in [3.05, 3.63) is 0 Å². The Bertz CT molecular complexity index is 332. The van der Waals surface area contributed by atoms with E-state index in [2.05, 4.69) is 9.80 Å². The summed E-state index contributed by atoms with van der Waals surface area (Å²) in [5.74, 6) is 2.44. The summed E-state index contributed by atoms with van der Waals surface area (Å²) in [6.45, 7) is 4.65. The van der Waals surface area contributed by atoms with Crippen molar-refractivity contribution in [3.8, 4) is 0 Å². The highest BCUT2D eigenvalue weighted by molar-refractivity contribution is 5.79. The molecular formula is C15H24N2O. The van der Waals surface area contributed by atoms with E-state index in [9.17, 15) is 4.79 Å². The lowest BCUT2D eigenvalue weighted by atomic mass is 10.0. The van der Waals surface area contributed by atoms with E-state index in [1.165, 1.54) is 38.8 Å². The number of likely N-dealkylation sites (tertiary alicyclic amines) is 2. The summed E-state index contributed by atoms with van der Waals surface area (Å²) in [4.78, 5) is 17.3. The normalized spacial score (nSPS) is 37.4. The minimum atomic E-state index is 0.378. The van der Waals surface area contributed by atoms with Gasteiger partial charge in [0, 0.05) is 38.1 Å². The topological polar surface area (TPSA) is 23.6 Å². The first-order valence-electron chi connectivity index (χ1n) is 7.84. The Hall–Kier alpha value is -0.570. The summed E-state index contributed by atoms with van der Waals surface area (Å²) < 4.78 is 0. The molecule has 3 nitrogen and oxygen atoms in total. The summed E-state index contributed by atoms with van der Waals surface area (Å²) in [7, 11) is 0. The Balaban J connectivity index is 1.36. The number of fused-ring (bicyclic) bond motifs is 1. The molecular weight excluding hydrogens is 224 g/mol. The van der Waals surface area contributed by atoms with E-state index >= 15 is 0 Å². The molecule has 0 aromatic heterocycles. The predicted molar refractivity (Wildman–Crippen MR) is 70.1 cm³/mol. The molecule has 0 aromatic carbocycles. The third-order valence-corrected chi connectivity index (χ3v) is 5.59. The summed E-state index contributed by atoms with van der Waals surface area (Å²) in [6, 6.07) is 0.912. The fourth-order valence-corrected chi connectivity index (χ4v) is 4.38. The molecule has 4 fully saturated rings. The predicted octanol–water partition coefficient (Wildman–Crippen LogP) is 1.73. The number of hydrogen-bond donors (Lipinski definition) is 0. The molecule has 0 aromatic rings. The molecule has 2 saturated heterocycles. The third kappa shape index (κ3) is 1.87. The van der Waals surface area contributed by atoms with Crippen LogP contribution in [-0.4, -0.2) is 47.9 Å². The number of amides is 1. The van der Waals surface area contributed by atoms with Crippen LogP contribution in [0.3, 0.4) is 0 Å². The lowest BCUT2D eigenvalue weighted by Gasteiger charge is -2.23. The Kier molecular flexibility index (Phi) is 2.65. The SMILES string of the molecule is O=C(C1CCCC1)N1CC2CN(C3CC3)CC2C1. The zero-order valence-corrected chi connectivity index (χ0v) is 11.2. The molecule has 4 rings (SSSR count). The van der Waals surface area contributed by atoms with Crippen LogP contribution < -0.4 is 0 Å². The maximum absolute atomic E-state index is 12.4. The van der Waals surface area contributed by atoms with Crippen LogP contribution in [0.2, 0.25) is 0 Å². The lowest BCUT2D eigenvalue weighted by Crippen LogP contribution is -2.36. The molecule has 2 unspecified atom stereocenters. The molecule has 0 N–H and O–H groups in total. The van der Waals surface area contributed by atoms with E-state index in [1.54, 1.807) is 0 Å². The number of hydrogen-bond acceptors (Lipinski definition) is 2. The van der Waals surface area contributed by atoms with Gasteiger partial charge in [-0.3, -0.25) is 9.69 Å². The molecule has 2 atom stereocenters. The van der Waals surface area contributed by atoms with Gasteiger partial charge >= 0.3 is 0 Å². The van der Waals surface area contributed by atoms with Gasteiger partial charge in [0.25, 0.3) is 0 Å². The highest BCUT2D eigenvalue weighted by Gasteiger charge is 2.46. The van der Waals surface area contributed by atoms with Crippen LogP contribution in [0.25, 0.3) is 0 Å². The summed E-state index contributed by atoms with van der Waals surface area (Å²) in [5.41, 5.74) is 0. The van der Waals surface area contributed by atoms with Crippen molar-refractivity contribution in [2.24, 2.45) is 17.8 Å². The van der Waals surface area contributed by atoms with Crippen molar-refractivity contribution in [3.63, 3.8) is 0 Å². The van der Waals surface area contributed by atoms with Gasteiger partial charge in [-0.1, -0.05) is 12.8 Å². The number of nitrogens with zero attached hydrogens (tertiary/aromatic N) is 2. The van der Waals surface area contributed by atoms with Crippen LogP contribution in [-0.2, 0) is 4.79 Å². The van der Waals surface area contributed by atoms with Gasteiger partial charge in [-0.25, -0.2) is 0 Å². The van der Waals surface area contributed by atoms with Gasteiger partial charge in [-0.2, -0.15) is 0 Å². The molecule has 4 aliphatic rings. The Morgan fingerprint density at radius 3 is 2.00 bits per heavy atom. The Labute approximate surface area is 110 Å². The van der Waals surface area contributed by atoms with Crippen LogP contribution in [0, 0.1) is 17.8 Å². The summed E-state index contributed by atoms with van der Waals surface area (Å²) >= 11 is 0. The molecule has 100 valence electrons. The summed E-state index contributed by atoms with van der Waals surface area (Å²) in [6.07, 6.45) is 7.69. The maximum atomic E-state index is 12.4. The van der Waals surface area contributed by atoms with Crippen molar-refractivity contribution in [2.75, 3.05) is 26.2 Å². The molecule has 0 bridgehead atoms. The zero-order chi connectivity index (χ0) is 12.1. The second-order valence-corrected chi connectivity index (χ2v) is 6.93. The van der Waals surface area contributed by atoms with Gasteiger partial charge in [0.1, 0.15) is 0 Å². The van der Waals surface area contributed by atoms with Crippen LogP contribution in [0.5, 0.6) is 0 Å². The Morgan fingerprint density at radius 2 is 1.44 bits per heavy atom. The zero-order valence-electron chi connectivity index (χ0n) is 11.2. The average molecular weight is 248 g/mol. The quantitative estimate of drug-likeness (QED) is 0.743. The van der Waals surface area contributed by atoms with Crippen molar-refractivity contribution < 1.29 is 4.79 Å². The molecule has 0 spiro atoms. The maximum Gasteiger partial charge on any atom is 0.225 e. The van der Waals surface area contributed by atoms with Gasteiger partial charge in [-0.15, -0.1) is 0 Å². The highest BCUT2D eigenvalue weighted by Crippen LogP contribution is 2.39. The monoisotopic (exact) mass is 248 g/mol. The molecule has 2 aliphatic carbocycles. The van der Waals surface area contributed by atoms with Gasteiger partial charge < -0.3 is 4.90 Å². The molecule has 0 radical (unpaired) electrons. The molecule has 3 heteroatoms. The average Bonchev–Trinajstić information content (AvgIpc) is 2.81. The van der Waals surface area contributed by atoms with Crippen molar-refractivity contribution in [2.45, 2.75) is 44.6 Å². The van der Waals surface area contributed by atoms with Crippen LogP contribution in [0.1, 0.15) is 38.5 Å². The van der Waals surface area contributed by atoms with E-state index < -0.39 is 0 Å². The molecule has 2 saturated carbocycles. The van der Waals surface area contributed by atoms with Crippen molar-refractivity contribution >= 4 is 5.91 Å². The first kappa shape index (κ1) is 11.3. The fourth-order valence-electron chi connectivity index (χ4n) is 4.38. The molecule has 1 amide bonds. The third-order valence-electron chi connectivity index (χ3n) is 5.59. The number of carbonyl (C=O) groups is 1. The largest absolute Gasteiger partial charge is 0.342 e. The van der Waals surface area contributed by atoms with E-state index in [1.807, 2.05) is 0 Å². The minimum absolute atomic E-state index is 0.378. The minimum Gasteiger partial charge on any atom is -0.342 e. The number of carbonyl (C=O) groups excluding carboxylic acids is 1. The smallest absolute Gasteiger partial charge is 0.225 e. The van der Waals surface area contributed by atoms with Gasteiger partial charge in [0.2, 0.25) is 5.91 Å². The van der Waals surface area contributed by atoms with Crippen LogP contribution in [0.4, 0.5) is 0 Å². The lowest BCUT2D eigenvalue weighted by molar-refractivity contribution is -0.134. The first-order valence-corrected chi connectivity index (χ1v) is 7.84. The standard InChI is InChI=1S/C15H24N2O/c18-15(11-3-1-2-4-11)17-9-12-7-16(14-5-6-14)8-13(12)10-17/h11-14H,1-10H2. The first-order chi connectivity index (χ1) is 8.81. The summed E-state index contributed by atoms with van der Waals surface area (Å²) in [5, 5.41) is 0. The molecule has 2 heterocycles. The van der Waals surface area contributed by atoms with E-state index in [4.69, 9.17) is 0 Å². The van der Waals surface area contributed by atoms with Crippen LogP contribution >= 0.6 is 0 Å². The fraction of sp³-hybridized carbons (Fsp3) is 0.933. The molecule has 2 aliphatic heterocycles. The Morgan fingerprint density at radius 1 is 0.833 bits per heavy atom. The van der Waals surface area contributed by atoms with E-state index in [0.717, 1.165) is 43.8 Å². The van der Waals surface area contributed by atoms with E-state index in [-0.39, 0.29) is 0 Å². The van der Waals surface area contributed by atoms with Crippen molar-refractivity contribution in [1.29, 1.82) is 0 Å². The second-order valence-electron chi connectivity index (χ2n) is 6.93. The van der Waals surface area contributed by atoms with Gasteiger partial charge in [0.15, 0.2) is 0 Å². The van der Waals surface area contributed by atoms with Gasteiger partial charge in [-0.05, 0) is 37.5 Å². The van der Waals surface area contributed by atoms with E-state index in [0.29, 0.717) is 11.8 Å². The molecule has 18 heavy (non-hydrogen) atoms.